The van der Waals surface area contributed by atoms with Gasteiger partial charge in [0.05, 0.1) is 12.8 Å². The van der Waals surface area contributed by atoms with E-state index < -0.39 is 0 Å². The summed E-state index contributed by atoms with van der Waals surface area (Å²) in [5.74, 6) is 1.95. The second kappa shape index (κ2) is 5.83. The van der Waals surface area contributed by atoms with Crippen LogP contribution in [0.15, 0.2) is 23.4 Å². The Labute approximate surface area is 123 Å². The van der Waals surface area contributed by atoms with Crippen LogP contribution in [0.2, 0.25) is 0 Å². The van der Waals surface area contributed by atoms with Crippen molar-refractivity contribution in [2.75, 3.05) is 30.9 Å². The summed E-state index contributed by atoms with van der Waals surface area (Å²) in [6, 6.07) is 5.60. The molecule has 0 unspecified atom stereocenters. The standard InChI is InChI=1S/C14H21N3O2S/c1-14(2)9-17(6-7-20-14)12-8-10(19-3)4-5-11(12)13(15)16-18/h4-5,8,18H,6-7,9H2,1-3H3,(H2,15,16). The van der Waals surface area contributed by atoms with E-state index in [1.807, 2.05) is 30.0 Å². The van der Waals surface area contributed by atoms with Gasteiger partial charge in [-0.05, 0) is 26.0 Å². The first-order chi connectivity index (χ1) is 9.46. The van der Waals surface area contributed by atoms with Gasteiger partial charge in [-0.2, -0.15) is 11.8 Å². The fourth-order valence-electron chi connectivity index (χ4n) is 2.39. The Morgan fingerprint density at radius 1 is 1.50 bits per heavy atom. The zero-order chi connectivity index (χ0) is 14.8. The smallest absolute Gasteiger partial charge is 0.172 e. The minimum absolute atomic E-state index is 0.124. The van der Waals surface area contributed by atoms with Crippen molar-refractivity contribution >= 4 is 23.3 Å². The number of ether oxygens (including phenoxy) is 1. The van der Waals surface area contributed by atoms with Crippen LogP contribution < -0.4 is 15.4 Å². The lowest BCUT2D eigenvalue weighted by molar-refractivity contribution is 0.318. The summed E-state index contributed by atoms with van der Waals surface area (Å²) < 4.78 is 5.48. The van der Waals surface area contributed by atoms with Crippen LogP contribution in [0.1, 0.15) is 19.4 Å². The van der Waals surface area contributed by atoms with Gasteiger partial charge in [-0.1, -0.05) is 5.16 Å². The Balaban J connectivity index is 2.42. The van der Waals surface area contributed by atoms with Crippen molar-refractivity contribution in [1.82, 2.24) is 0 Å². The molecular formula is C14H21N3O2S. The molecule has 0 spiro atoms. The van der Waals surface area contributed by atoms with Gasteiger partial charge in [0.15, 0.2) is 5.84 Å². The largest absolute Gasteiger partial charge is 0.497 e. The van der Waals surface area contributed by atoms with Gasteiger partial charge >= 0.3 is 0 Å². The molecule has 0 radical (unpaired) electrons. The number of nitrogens with zero attached hydrogens (tertiary/aromatic N) is 2. The van der Waals surface area contributed by atoms with Gasteiger partial charge in [-0.25, -0.2) is 0 Å². The van der Waals surface area contributed by atoms with Crippen molar-refractivity contribution in [3.63, 3.8) is 0 Å². The van der Waals surface area contributed by atoms with E-state index in [4.69, 9.17) is 15.7 Å². The highest BCUT2D eigenvalue weighted by Gasteiger charge is 2.28. The predicted molar refractivity (Wildman–Crippen MR) is 84.3 cm³/mol. The third-order valence-electron chi connectivity index (χ3n) is 3.35. The maximum absolute atomic E-state index is 8.95. The number of nitrogens with two attached hydrogens (primary N) is 1. The SMILES string of the molecule is COc1ccc(/C(N)=N/O)c(N2CCSC(C)(C)C2)c1. The number of hydrogen-bond acceptors (Lipinski definition) is 5. The number of anilines is 1. The van der Waals surface area contributed by atoms with Crippen molar-refractivity contribution < 1.29 is 9.94 Å². The highest BCUT2D eigenvalue weighted by atomic mass is 32.2. The maximum Gasteiger partial charge on any atom is 0.172 e. The molecule has 0 saturated carbocycles. The van der Waals surface area contributed by atoms with Gasteiger partial charge in [0, 0.05) is 35.2 Å². The lowest BCUT2D eigenvalue weighted by atomic mass is 10.1. The van der Waals surface area contributed by atoms with E-state index >= 15 is 0 Å². The minimum atomic E-state index is 0.124. The number of amidine groups is 1. The summed E-state index contributed by atoms with van der Waals surface area (Å²) in [5.41, 5.74) is 7.47. The van der Waals surface area contributed by atoms with Crippen LogP contribution in [0.25, 0.3) is 0 Å². The van der Waals surface area contributed by atoms with E-state index in [1.54, 1.807) is 7.11 Å². The molecule has 0 aromatic heterocycles. The molecule has 20 heavy (non-hydrogen) atoms. The molecule has 1 aliphatic heterocycles. The molecule has 0 atom stereocenters. The predicted octanol–water partition coefficient (Wildman–Crippen LogP) is 2.12. The molecule has 0 bridgehead atoms. The number of hydrogen-bond donors (Lipinski definition) is 2. The quantitative estimate of drug-likeness (QED) is 0.387. The molecule has 1 aromatic carbocycles. The highest BCUT2D eigenvalue weighted by Crippen LogP contribution is 2.35. The van der Waals surface area contributed by atoms with Crippen LogP contribution in [-0.2, 0) is 0 Å². The summed E-state index contributed by atoms with van der Waals surface area (Å²) in [6.45, 7) is 6.31. The van der Waals surface area contributed by atoms with E-state index in [0.717, 1.165) is 35.8 Å². The van der Waals surface area contributed by atoms with Crippen LogP contribution >= 0.6 is 11.8 Å². The first-order valence-corrected chi connectivity index (χ1v) is 7.50. The molecule has 1 saturated heterocycles. The zero-order valence-electron chi connectivity index (χ0n) is 12.1. The van der Waals surface area contributed by atoms with Gasteiger partial charge in [0.2, 0.25) is 0 Å². The monoisotopic (exact) mass is 295 g/mol. The van der Waals surface area contributed by atoms with Gasteiger partial charge in [-0.15, -0.1) is 0 Å². The molecule has 0 aliphatic carbocycles. The second-order valence-electron chi connectivity index (χ2n) is 5.40. The first kappa shape index (κ1) is 14.8. The van der Waals surface area contributed by atoms with Gasteiger partial charge in [-0.3, -0.25) is 0 Å². The fourth-order valence-corrected chi connectivity index (χ4v) is 3.50. The Morgan fingerprint density at radius 3 is 2.85 bits per heavy atom. The topological polar surface area (TPSA) is 71.1 Å². The average Bonchev–Trinajstić information content (AvgIpc) is 2.44. The Morgan fingerprint density at radius 2 is 2.25 bits per heavy atom. The number of methoxy groups -OCH3 is 1. The lowest BCUT2D eigenvalue weighted by Crippen LogP contribution is -2.44. The summed E-state index contributed by atoms with van der Waals surface area (Å²) in [7, 11) is 1.64. The van der Waals surface area contributed by atoms with Crippen molar-refractivity contribution in [1.29, 1.82) is 0 Å². The van der Waals surface area contributed by atoms with E-state index in [1.165, 1.54) is 0 Å². The molecule has 110 valence electrons. The van der Waals surface area contributed by atoms with Crippen LogP contribution in [-0.4, -0.2) is 41.7 Å². The third kappa shape index (κ3) is 3.12. The summed E-state index contributed by atoms with van der Waals surface area (Å²) in [5, 5.41) is 12.1. The van der Waals surface area contributed by atoms with Crippen LogP contribution in [0.5, 0.6) is 5.75 Å². The minimum Gasteiger partial charge on any atom is -0.497 e. The molecule has 3 N–H and O–H groups in total. The maximum atomic E-state index is 8.95. The Kier molecular flexibility index (Phi) is 4.32. The van der Waals surface area contributed by atoms with E-state index in [9.17, 15) is 0 Å². The van der Waals surface area contributed by atoms with Gasteiger partial charge in [0.25, 0.3) is 0 Å². The molecule has 1 fully saturated rings. The van der Waals surface area contributed by atoms with Gasteiger partial charge in [0.1, 0.15) is 5.75 Å². The third-order valence-corrected chi connectivity index (χ3v) is 4.65. The van der Waals surface area contributed by atoms with Crippen molar-refractivity contribution in [2.24, 2.45) is 10.9 Å². The Bertz CT molecular complexity index is 517. The van der Waals surface area contributed by atoms with Gasteiger partial charge < -0.3 is 20.6 Å². The molecule has 6 heteroatoms. The normalized spacial score (nSPS) is 18.9. The number of benzene rings is 1. The summed E-state index contributed by atoms with van der Waals surface area (Å²) in [4.78, 5) is 2.27. The first-order valence-electron chi connectivity index (χ1n) is 6.52. The summed E-state index contributed by atoms with van der Waals surface area (Å²) >= 11 is 1.96. The zero-order valence-corrected chi connectivity index (χ0v) is 12.9. The molecule has 2 rings (SSSR count). The highest BCUT2D eigenvalue weighted by molar-refractivity contribution is 8.00. The lowest BCUT2D eigenvalue weighted by Gasteiger charge is -2.39. The molecule has 1 heterocycles. The molecular weight excluding hydrogens is 274 g/mol. The fraction of sp³-hybridized carbons (Fsp3) is 0.500. The van der Waals surface area contributed by atoms with E-state index in [-0.39, 0.29) is 10.6 Å². The number of oxime groups is 1. The molecule has 0 amide bonds. The number of thioether (sulfide) groups is 1. The Hall–Kier alpha value is -1.56. The summed E-state index contributed by atoms with van der Waals surface area (Å²) in [6.07, 6.45) is 0. The van der Waals surface area contributed by atoms with Crippen molar-refractivity contribution in [2.45, 2.75) is 18.6 Å². The van der Waals surface area contributed by atoms with Crippen LogP contribution in [0, 0.1) is 0 Å². The van der Waals surface area contributed by atoms with Crippen molar-refractivity contribution in [3.05, 3.63) is 23.8 Å². The second-order valence-corrected chi connectivity index (χ2v) is 7.20. The van der Waals surface area contributed by atoms with Crippen molar-refractivity contribution in [3.8, 4) is 5.75 Å². The molecule has 5 nitrogen and oxygen atoms in total. The van der Waals surface area contributed by atoms with E-state index in [0.29, 0.717) is 0 Å². The molecule has 1 aromatic rings. The number of rotatable bonds is 3. The van der Waals surface area contributed by atoms with Crippen LogP contribution in [0.3, 0.4) is 0 Å². The molecule has 1 aliphatic rings. The van der Waals surface area contributed by atoms with E-state index in [2.05, 4.69) is 23.9 Å². The van der Waals surface area contributed by atoms with Crippen LogP contribution in [0.4, 0.5) is 5.69 Å². The average molecular weight is 295 g/mol.